The van der Waals surface area contributed by atoms with Crippen molar-refractivity contribution in [3.63, 3.8) is 0 Å². The van der Waals surface area contributed by atoms with E-state index in [9.17, 15) is 45.7 Å². The molecule has 19 heteroatoms. The fourth-order valence-corrected chi connectivity index (χ4v) is 4.69. The molecule has 0 radical (unpaired) electrons. The Hall–Kier alpha value is -3.53. The van der Waals surface area contributed by atoms with Gasteiger partial charge in [-0.2, -0.15) is 13.4 Å². The van der Waals surface area contributed by atoms with E-state index in [0.29, 0.717) is 0 Å². The predicted octanol–water partition coefficient (Wildman–Crippen LogP) is -2.26. The number of benzene rings is 2. The molecule has 1 aliphatic heterocycles. The van der Waals surface area contributed by atoms with E-state index in [1.54, 1.807) is 0 Å². The molecule has 0 spiro atoms. The molecule has 3 N–H and O–H groups in total. The molecule has 3 aromatic rings. The first-order chi connectivity index (χ1) is 19.7. The molecular formula is C24H17KN4O12S2. The second-order valence-corrected chi connectivity index (χ2v) is 11.1. The maximum absolute atomic E-state index is 13.0. The van der Waals surface area contributed by atoms with Gasteiger partial charge < -0.3 is 14.4 Å². The molecule has 2 aromatic carbocycles. The Labute approximate surface area is 284 Å². The Morgan fingerprint density at radius 2 is 1.56 bits per heavy atom. The minimum atomic E-state index is -4.73. The molecule has 16 nitrogen and oxygen atoms in total. The van der Waals surface area contributed by atoms with Gasteiger partial charge >= 0.3 is 57.4 Å². The molecular weight excluding hydrogens is 640 g/mol. The fourth-order valence-electron chi connectivity index (χ4n) is 3.74. The Morgan fingerprint density at radius 3 is 2.09 bits per heavy atom. The van der Waals surface area contributed by atoms with Crippen molar-refractivity contribution in [2.45, 2.75) is 9.79 Å². The van der Waals surface area contributed by atoms with E-state index < -0.39 is 59.1 Å². The molecule has 0 aliphatic carbocycles. The number of ether oxygens (including phenoxy) is 1. The summed E-state index contributed by atoms with van der Waals surface area (Å²) in [5, 5.41) is 16.7. The van der Waals surface area contributed by atoms with Crippen LogP contribution >= 0.6 is 0 Å². The van der Waals surface area contributed by atoms with Crippen molar-refractivity contribution in [2.24, 2.45) is 11.0 Å². The number of hydrogen-bond donors (Lipinski definition) is 3. The van der Waals surface area contributed by atoms with E-state index in [1.165, 1.54) is 30.4 Å². The monoisotopic (exact) mass is 656 g/mol. The molecule has 1 amide bonds. The summed E-state index contributed by atoms with van der Waals surface area (Å²) in [6.45, 7) is 0.0311. The summed E-state index contributed by atoms with van der Waals surface area (Å²) < 4.78 is 70.7. The summed E-state index contributed by atoms with van der Waals surface area (Å²) in [6.07, 6.45) is 4.84. The van der Waals surface area contributed by atoms with Crippen LogP contribution < -0.4 is 62.0 Å². The van der Waals surface area contributed by atoms with Crippen LogP contribution in [0.3, 0.4) is 0 Å². The number of anilines is 1. The number of H-pyrrole nitrogens is 1. The summed E-state index contributed by atoms with van der Waals surface area (Å²) in [5.74, 6) is -3.80. The van der Waals surface area contributed by atoms with E-state index in [4.69, 9.17) is 9.29 Å². The number of aromatic nitrogens is 2. The largest absolute Gasteiger partial charge is 1.00 e. The average molecular weight is 657 g/mol. The van der Waals surface area contributed by atoms with Crippen molar-refractivity contribution in [1.82, 2.24) is 9.78 Å². The van der Waals surface area contributed by atoms with Crippen molar-refractivity contribution >= 4 is 56.2 Å². The normalized spacial score (nSPS) is 15.5. The first-order valence-electron chi connectivity index (χ1n) is 11.3. The van der Waals surface area contributed by atoms with Gasteiger partial charge in [0, 0.05) is 0 Å². The van der Waals surface area contributed by atoms with Crippen LogP contribution in [0.5, 0.6) is 0 Å². The van der Waals surface area contributed by atoms with E-state index in [1.807, 2.05) is 0 Å². The van der Waals surface area contributed by atoms with Gasteiger partial charge in [-0.1, -0.05) is 18.2 Å². The average Bonchev–Trinajstić information content (AvgIpc) is 3.42. The number of aromatic amines is 1. The van der Waals surface area contributed by atoms with Gasteiger partial charge in [0.05, 0.1) is 26.7 Å². The van der Waals surface area contributed by atoms with Crippen molar-refractivity contribution < 1.29 is 102 Å². The molecule has 4 rings (SSSR count). The zero-order chi connectivity index (χ0) is 30.8. The number of rotatable bonds is 9. The van der Waals surface area contributed by atoms with Crippen LogP contribution in [-0.4, -0.2) is 65.1 Å². The van der Waals surface area contributed by atoms with Crippen molar-refractivity contribution in [1.29, 1.82) is 0 Å². The fraction of sp³-hybridized carbons (Fsp3) is 0.0417. The SMILES string of the molecule is O=COC1=NN(c2ccc(S(=O)(=O)[O-])cc2)C(=O)C1C=CC=Cc1c(C(=O)O)[nH]n(-c2ccc(S(=O)(=O)O)cc2)c1=O.[K+]. The molecule has 0 bridgehead atoms. The number of nitrogens with one attached hydrogen (secondary N) is 1. The molecule has 0 saturated carbocycles. The second kappa shape index (κ2) is 13.4. The van der Waals surface area contributed by atoms with Crippen LogP contribution in [0.1, 0.15) is 16.1 Å². The zero-order valence-electron chi connectivity index (χ0n) is 21.7. The quantitative estimate of drug-likeness (QED) is 0.0956. The van der Waals surface area contributed by atoms with Gasteiger partial charge in [0.1, 0.15) is 16.0 Å². The second-order valence-electron chi connectivity index (χ2n) is 8.29. The maximum Gasteiger partial charge on any atom is 1.00 e. The summed E-state index contributed by atoms with van der Waals surface area (Å²) in [7, 11) is -9.23. The molecule has 1 unspecified atom stereocenters. The van der Waals surface area contributed by atoms with Crippen LogP contribution in [0.4, 0.5) is 5.69 Å². The van der Waals surface area contributed by atoms with Gasteiger partial charge in [0.2, 0.25) is 5.90 Å². The van der Waals surface area contributed by atoms with Gasteiger partial charge in [0.15, 0.2) is 5.69 Å². The number of carboxylic acid groups (broad SMARTS) is 1. The van der Waals surface area contributed by atoms with Crippen LogP contribution in [-0.2, 0) is 34.6 Å². The number of allylic oxidation sites excluding steroid dienone is 2. The minimum Gasteiger partial charge on any atom is -0.744 e. The molecule has 1 aromatic heterocycles. The molecule has 0 fully saturated rings. The Morgan fingerprint density at radius 1 is 0.977 bits per heavy atom. The number of amides is 1. The Kier molecular flexibility index (Phi) is 10.6. The minimum absolute atomic E-state index is 0. The zero-order valence-corrected chi connectivity index (χ0v) is 26.5. The van der Waals surface area contributed by atoms with Crippen molar-refractivity contribution in [2.75, 3.05) is 5.01 Å². The van der Waals surface area contributed by atoms with Crippen LogP contribution in [0, 0.1) is 5.92 Å². The number of nitrogens with zero attached hydrogens (tertiary/aromatic N) is 3. The molecule has 43 heavy (non-hydrogen) atoms. The van der Waals surface area contributed by atoms with Crippen molar-refractivity contribution in [3.05, 3.63) is 88.4 Å². The van der Waals surface area contributed by atoms with Crippen LogP contribution in [0.2, 0.25) is 0 Å². The standard InChI is InChI=1S/C24H18N4O12S2.K/c29-13-40-21-19(23(31)28(26-21)15-7-11-17(12-8-15)42(37,38)39)4-2-1-3-18-20(24(32)33)25-27(22(18)30)14-5-9-16(10-6-14)41(34,35)36;/h1-13,19,25H,(H,32,33)(H,34,35,36)(H,37,38,39);/q;+1/p-1. The van der Waals surface area contributed by atoms with Gasteiger partial charge in [-0.3, -0.25) is 24.0 Å². The predicted molar refractivity (Wildman–Crippen MR) is 141 cm³/mol. The smallest absolute Gasteiger partial charge is 0.744 e. The number of hydrazone groups is 1. The number of aromatic carboxylic acids is 1. The van der Waals surface area contributed by atoms with Crippen LogP contribution in [0.15, 0.2) is 86.4 Å². The third-order valence-corrected chi connectivity index (χ3v) is 7.41. The van der Waals surface area contributed by atoms with Gasteiger partial charge in [0.25, 0.3) is 28.1 Å². The molecule has 1 aliphatic rings. The van der Waals surface area contributed by atoms with E-state index in [0.717, 1.165) is 52.2 Å². The third-order valence-electron chi connectivity index (χ3n) is 5.69. The summed E-state index contributed by atoms with van der Waals surface area (Å²) in [4.78, 5) is 47.6. The molecule has 218 valence electrons. The molecule has 0 saturated heterocycles. The van der Waals surface area contributed by atoms with Gasteiger partial charge in [-0.15, -0.1) is 5.10 Å². The maximum atomic E-state index is 13.0. The summed E-state index contributed by atoms with van der Waals surface area (Å²) >= 11 is 0. The number of carboxylic acids is 1. The first kappa shape index (κ1) is 34.0. The number of hydrogen-bond acceptors (Lipinski definition) is 11. The molecule has 2 heterocycles. The molecule has 1 atom stereocenters. The topological polar surface area (TPSA) is 246 Å². The van der Waals surface area contributed by atoms with Gasteiger partial charge in [-0.25, -0.2) is 17.9 Å². The van der Waals surface area contributed by atoms with E-state index in [2.05, 4.69) is 10.2 Å². The third kappa shape index (κ3) is 7.52. The van der Waals surface area contributed by atoms with E-state index >= 15 is 0 Å². The number of carbonyl (C=O) groups excluding carboxylic acids is 2. The van der Waals surface area contributed by atoms with Gasteiger partial charge in [-0.05, 0) is 54.6 Å². The van der Waals surface area contributed by atoms with E-state index in [-0.39, 0.29) is 80.7 Å². The van der Waals surface area contributed by atoms with Crippen LogP contribution in [0.25, 0.3) is 11.8 Å². The number of carbonyl (C=O) groups is 3. The first-order valence-corrected chi connectivity index (χ1v) is 14.2. The summed E-state index contributed by atoms with van der Waals surface area (Å²) in [5.41, 5.74) is -1.52. The Bertz CT molecular complexity index is 1940. The Balaban J connectivity index is 0.00000506. The summed E-state index contributed by atoms with van der Waals surface area (Å²) in [6, 6.07) is 8.60. The van der Waals surface area contributed by atoms with Crippen molar-refractivity contribution in [3.8, 4) is 5.69 Å².